The Labute approximate surface area is 160 Å². The van der Waals surface area contributed by atoms with E-state index in [1.807, 2.05) is 0 Å². The number of amides is 1. The number of carbonyl (C=O) groups is 1. The Bertz CT molecular complexity index is 793. The maximum Gasteiger partial charge on any atom is 0.255 e. The molecule has 3 N–H and O–H groups in total. The van der Waals surface area contributed by atoms with Crippen LogP contribution in [0.4, 0.5) is 15.9 Å². The number of aliphatic hydroxyl groups is 1. The molecular formula is C18H19ClFN3O2S. The number of halogens is 2. The molecule has 26 heavy (non-hydrogen) atoms. The molecule has 2 aromatic rings. The van der Waals surface area contributed by atoms with Gasteiger partial charge >= 0.3 is 0 Å². The normalized spacial score (nSPS) is 19.8. The smallest absolute Gasteiger partial charge is 0.255 e. The Morgan fingerprint density at radius 3 is 2.92 bits per heavy atom. The lowest BCUT2D eigenvalue weighted by molar-refractivity contribution is 0.102. The van der Waals surface area contributed by atoms with Gasteiger partial charge in [-0.15, -0.1) is 0 Å². The number of anilines is 2. The van der Waals surface area contributed by atoms with Crippen molar-refractivity contribution in [3.63, 3.8) is 0 Å². The first-order valence-electron chi connectivity index (χ1n) is 8.33. The first-order chi connectivity index (χ1) is 12.5. The summed E-state index contributed by atoms with van der Waals surface area (Å²) in [5.74, 6) is -0.305. The number of nitrogens with zero attached hydrogens (tertiary/aromatic N) is 1. The van der Waals surface area contributed by atoms with Crippen molar-refractivity contribution in [2.24, 2.45) is 0 Å². The van der Waals surface area contributed by atoms with Gasteiger partial charge in [0.2, 0.25) is 0 Å². The molecule has 2 unspecified atom stereocenters. The first kappa shape index (κ1) is 18.9. The molecule has 1 aliphatic rings. The Balaban J connectivity index is 1.60. The highest BCUT2D eigenvalue weighted by Gasteiger charge is 2.21. The van der Waals surface area contributed by atoms with Crippen LogP contribution in [0, 0.1) is 5.82 Å². The topological polar surface area (TPSA) is 74.2 Å². The monoisotopic (exact) mass is 395 g/mol. The zero-order valence-electron chi connectivity index (χ0n) is 13.9. The Kier molecular flexibility index (Phi) is 6.34. The molecule has 8 heteroatoms. The molecule has 1 aromatic carbocycles. The van der Waals surface area contributed by atoms with Gasteiger partial charge in [-0.05, 0) is 68.0 Å². The number of nitrogens with one attached hydrogen (secondary N) is 2. The molecule has 1 heterocycles. The number of rotatable bonds is 5. The van der Waals surface area contributed by atoms with E-state index < -0.39 is 5.82 Å². The van der Waals surface area contributed by atoms with Crippen molar-refractivity contribution in [3.05, 3.63) is 52.9 Å². The van der Waals surface area contributed by atoms with Crippen LogP contribution in [0.15, 0.2) is 36.5 Å². The summed E-state index contributed by atoms with van der Waals surface area (Å²) in [6.45, 7) is 0. The van der Waals surface area contributed by atoms with Gasteiger partial charge in [-0.25, -0.2) is 9.37 Å². The summed E-state index contributed by atoms with van der Waals surface area (Å²) >= 11 is 7.25. The van der Waals surface area contributed by atoms with E-state index >= 15 is 0 Å². The van der Waals surface area contributed by atoms with Crippen molar-refractivity contribution in [2.45, 2.75) is 37.0 Å². The number of hydrogen-bond acceptors (Lipinski definition) is 5. The van der Waals surface area contributed by atoms with Gasteiger partial charge in [-0.1, -0.05) is 11.6 Å². The third kappa shape index (κ3) is 5.09. The van der Waals surface area contributed by atoms with Gasteiger partial charge in [-0.3, -0.25) is 4.79 Å². The van der Waals surface area contributed by atoms with Gasteiger partial charge in [0.1, 0.15) is 11.6 Å². The van der Waals surface area contributed by atoms with Crippen molar-refractivity contribution < 1.29 is 14.3 Å². The minimum Gasteiger partial charge on any atom is -0.393 e. The summed E-state index contributed by atoms with van der Waals surface area (Å²) in [6, 6.07) is 7.25. The number of benzene rings is 1. The highest BCUT2D eigenvalue weighted by Crippen LogP contribution is 2.29. The van der Waals surface area contributed by atoms with E-state index in [1.54, 1.807) is 18.3 Å². The molecule has 1 fully saturated rings. The fourth-order valence-corrected chi connectivity index (χ4v) is 3.96. The SMILES string of the molecule is O=C(Nc1ccc(F)c(Cl)c1)c1ccnc(NSC2CCCC(O)C2)c1. The van der Waals surface area contributed by atoms with Crippen molar-refractivity contribution in [3.8, 4) is 0 Å². The summed E-state index contributed by atoms with van der Waals surface area (Å²) in [7, 11) is 0. The maximum atomic E-state index is 13.2. The quantitative estimate of drug-likeness (QED) is 0.650. The van der Waals surface area contributed by atoms with E-state index in [1.165, 1.54) is 30.1 Å². The molecule has 1 amide bonds. The van der Waals surface area contributed by atoms with Crippen molar-refractivity contribution in [2.75, 3.05) is 10.0 Å². The fraction of sp³-hybridized carbons (Fsp3) is 0.333. The van der Waals surface area contributed by atoms with E-state index in [4.69, 9.17) is 11.6 Å². The van der Waals surface area contributed by atoms with E-state index in [0.29, 0.717) is 22.3 Å². The number of aliphatic hydroxyl groups excluding tert-OH is 1. The molecule has 1 aliphatic carbocycles. The predicted molar refractivity (Wildman–Crippen MR) is 103 cm³/mol. The van der Waals surface area contributed by atoms with E-state index in [9.17, 15) is 14.3 Å². The van der Waals surface area contributed by atoms with Crippen LogP contribution in [-0.4, -0.2) is 27.4 Å². The molecule has 5 nitrogen and oxygen atoms in total. The second-order valence-corrected chi connectivity index (χ2v) is 7.69. The summed E-state index contributed by atoms with van der Waals surface area (Å²) < 4.78 is 16.3. The average molecular weight is 396 g/mol. The van der Waals surface area contributed by atoms with Crippen LogP contribution in [0.5, 0.6) is 0 Å². The van der Waals surface area contributed by atoms with Crippen LogP contribution in [0.25, 0.3) is 0 Å². The van der Waals surface area contributed by atoms with Crippen LogP contribution in [0.3, 0.4) is 0 Å². The molecule has 3 rings (SSSR count). The van der Waals surface area contributed by atoms with Crippen molar-refractivity contribution in [1.82, 2.24) is 4.98 Å². The molecule has 0 bridgehead atoms. The molecule has 1 aromatic heterocycles. The number of aromatic nitrogens is 1. The van der Waals surface area contributed by atoms with Gasteiger partial charge in [0, 0.05) is 22.7 Å². The number of hydrogen-bond donors (Lipinski definition) is 3. The standard InChI is InChI=1S/C18H19ClFN3O2S/c19-15-9-12(4-5-16(15)20)22-18(25)11-6-7-21-17(8-11)23-26-14-3-1-2-13(24)10-14/h4-9,13-14,24H,1-3,10H2,(H,21,23)(H,22,25). The highest BCUT2D eigenvalue weighted by atomic mass is 35.5. The number of pyridine rings is 1. The van der Waals surface area contributed by atoms with Gasteiger partial charge in [-0.2, -0.15) is 0 Å². The van der Waals surface area contributed by atoms with Crippen LogP contribution in [-0.2, 0) is 0 Å². The Morgan fingerprint density at radius 1 is 1.31 bits per heavy atom. The minimum absolute atomic E-state index is 0.0500. The predicted octanol–water partition coefficient (Wildman–Crippen LogP) is 4.49. The third-order valence-corrected chi connectivity index (χ3v) is 5.51. The second-order valence-electron chi connectivity index (χ2n) is 6.18. The largest absolute Gasteiger partial charge is 0.393 e. The molecule has 1 saturated carbocycles. The molecule has 138 valence electrons. The molecule has 0 spiro atoms. The molecule has 0 saturated heterocycles. The highest BCUT2D eigenvalue weighted by molar-refractivity contribution is 8.01. The summed E-state index contributed by atoms with van der Waals surface area (Å²) in [5, 5.41) is 12.7. The zero-order valence-corrected chi connectivity index (χ0v) is 15.5. The molecule has 0 radical (unpaired) electrons. The fourth-order valence-electron chi connectivity index (χ4n) is 2.78. The number of carbonyl (C=O) groups excluding carboxylic acids is 1. The lowest BCUT2D eigenvalue weighted by Gasteiger charge is -2.25. The average Bonchev–Trinajstić information content (AvgIpc) is 2.63. The molecule has 2 atom stereocenters. The van der Waals surface area contributed by atoms with Gasteiger partial charge in [0.05, 0.1) is 11.1 Å². The second kappa shape index (κ2) is 8.70. The van der Waals surface area contributed by atoms with E-state index in [2.05, 4.69) is 15.0 Å². The molecular weight excluding hydrogens is 377 g/mol. The lowest BCUT2D eigenvalue weighted by atomic mass is 9.97. The summed E-state index contributed by atoms with van der Waals surface area (Å²) in [6.07, 6.45) is 4.97. The maximum absolute atomic E-state index is 13.2. The van der Waals surface area contributed by atoms with E-state index in [-0.39, 0.29) is 17.0 Å². The Hall–Kier alpha value is -1.83. The van der Waals surface area contributed by atoms with Gasteiger partial charge in [0.25, 0.3) is 5.91 Å². The van der Waals surface area contributed by atoms with Crippen molar-refractivity contribution >= 4 is 41.0 Å². The van der Waals surface area contributed by atoms with Gasteiger partial charge in [0.15, 0.2) is 0 Å². The van der Waals surface area contributed by atoms with Crippen LogP contribution in [0.2, 0.25) is 5.02 Å². The van der Waals surface area contributed by atoms with Gasteiger partial charge < -0.3 is 15.1 Å². The lowest BCUT2D eigenvalue weighted by Crippen LogP contribution is -2.22. The van der Waals surface area contributed by atoms with E-state index in [0.717, 1.165) is 25.7 Å². The first-order valence-corrected chi connectivity index (χ1v) is 9.59. The minimum atomic E-state index is -0.537. The van der Waals surface area contributed by atoms with Crippen LogP contribution in [0.1, 0.15) is 36.0 Å². The van der Waals surface area contributed by atoms with Crippen LogP contribution >= 0.6 is 23.5 Å². The van der Waals surface area contributed by atoms with Crippen LogP contribution < -0.4 is 10.0 Å². The summed E-state index contributed by atoms with van der Waals surface area (Å²) in [4.78, 5) is 16.6. The zero-order chi connectivity index (χ0) is 18.5. The summed E-state index contributed by atoms with van der Waals surface area (Å²) in [5.41, 5.74) is 0.838. The molecule has 0 aliphatic heterocycles. The Morgan fingerprint density at radius 2 is 2.15 bits per heavy atom. The third-order valence-electron chi connectivity index (χ3n) is 4.13. The van der Waals surface area contributed by atoms with Crippen molar-refractivity contribution in [1.29, 1.82) is 0 Å².